The van der Waals surface area contributed by atoms with Crippen molar-refractivity contribution in [1.29, 1.82) is 0 Å². The van der Waals surface area contributed by atoms with Gasteiger partial charge in [0, 0.05) is 13.1 Å². The van der Waals surface area contributed by atoms with Gasteiger partial charge in [-0.1, -0.05) is 59.4 Å². The topological polar surface area (TPSA) is 63.1 Å². The number of anilines is 1. The number of fused-ring (bicyclic) bond motifs is 1. The average molecular weight is 460 g/mol. The molecule has 0 spiro atoms. The maximum absolute atomic E-state index is 13.0. The number of hydrogen-bond acceptors (Lipinski definition) is 5. The third-order valence-electron chi connectivity index (χ3n) is 6.38. The summed E-state index contributed by atoms with van der Waals surface area (Å²) in [5.74, 6) is 0.0887. The van der Waals surface area contributed by atoms with Crippen molar-refractivity contribution in [2.45, 2.75) is 39.7 Å². The maximum Gasteiger partial charge on any atom is 0.225 e. The van der Waals surface area contributed by atoms with E-state index >= 15 is 0 Å². The molecule has 2 atom stereocenters. The van der Waals surface area contributed by atoms with E-state index in [0.717, 1.165) is 51.8 Å². The van der Waals surface area contributed by atoms with Crippen LogP contribution in [0.25, 0.3) is 16.0 Å². The van der Waals surface area contributed by atoms with Gasteiger partial charge in [0.15, 0.2) is 10.8 Å². The van der Waals surface area contributed by atoms with Crippen molar-refractivity contribution in [1.82, 2.24) is 20.1 Å². The SMILES string of the molecule is Cc1ccc(-n2nc(C)c3sc(N4CCC[C@H](C(=O)N[C@@H](C)c5ccccc5)C4)nc32)cc1. The van der Waals surface area contributed by atoms with Crippen molar-refractivity contribution in [2.24, 2.45) is 5.92 Å². The highest BCUT2D eigenvalue weighted by atomic mass is 32.1. The Morgan fingerprint density at radius 3 is 2.64 bits per heavy atom. The molecule has 6 nitrogen and oxygen atoms in total. The summed E-state index contributed by atoms with van der Waals surface area (Å²) >= 11 is 1.67. The van der Waals surface area contributed by atoms with Crippen LogP contribution in [0.2, 0.25) is 0 Å². The van der Waals surface area contributed by atoms with Gasteiger partial charge in [-0.15, -0.1) is 0 Å². The van der Waals surface area contributed by atoms with Gasteiger partial charge in [-0.05, 0) is 51.3 Å². The van der Waals surface area contributed by atoms with Crippen molar-refractivity contribution >= 4 is 32.7 Å². The molecule has 0 unspecified atom stereocenters. The molecule has 170 valence electrons. The summed E-state index contributed by atoms with van der Waals surface area (Å²) in [6.07, 6.45) is 1.89. The van der Waals surface area contributed by atoms with Crippen molar-refractivity contribution in [3.8, 4) is 5.69 Å². The van der Waals surface area contributed by atoms with E-state index in [9.17, 15) is 4.79 Å². The monoisotopic (exact) mass is 459 g/mol. The van der Waals surface area contributed by atoms with E-state index in [1.165, 1.54) is 5.56 Å². The summed E-state index contributed by atoms with van der Waals surface area (Å²) in [4.78, 5) is 20.3. The highest BCUT2D eigenvalue weighted by Crippen LogP contribution is 2.34. The Morgan fingerprint density at radius 1 is 1.12 bits per heavy atom. The zero-order valence-corrected chi connectivity index (χ0v) is 20.1. The molecule has 1 saturated heterocycles. The fraction of sp³-hybridized carbons (Fsp3) is 0.346. The molecule has 1 aliphatic rings. The van der Waals surface area contributed by atoms with Crippen molar-refractivity contribution < 1.29 is 4.79 Å². The zero-order chi connectivity index (χ0) is 22.9. The summed E-state index contributed by atoms with van der Waals surface area (Å²) in [6.45, 7) is 7.77. The van der Waals surface area contributed by atoms with Gasteiger partial charge in [-0.25, -0.2) is 4.68 Å². The standard InChI is InChI=1S/C26H29N5OS/c1-17-11-13-22(14-12-17)31-24-23(19(3)29-31)33-26(28-24)30-15-7-10-21(16-30)25(32)27-18(2)20-8-5-4-6-9-20/h4-6,8-9,11-14,18,21H,7,10,15-16H2,1-3H3,(H,27,32)/t18-,21-/m0/s1. The molecular weight excluding hydrogens is 430 g/mol. The van der Waals surface area contributed by atoms with E-state index in [1.807, 2.05) is 36.7 Å². The van der Waals surface area contributed by atoms with Gasteiger partial charge < -0.3 is 10.2 Å². The summed E-state index contributed by atoms with van der Waals surface area (Å²) in [6, 6.07) is 18.5. The first-order valence-electron chi connectivity index (χ1n) is 11.5. The van der Waals surface area contributed by atoms with Crippen LogP contribution >= 0.6 is 11.3 Å². The number of piperidine rings is 1. The fourth-order valence-electron chi connectivity index (χ4n) is 4.45. The molecule has 4 aromatic rings. The number of nitrogens with zero attached hydrogens (tertiary/aromatic N) is 4. The van der Waals surface area contributed by atoms with E-state index in [0.29, 0.717) is 6.54 Å². The van der Waals surface area contributed by atoms with Crippen LogP contribution in [0.15, 0.2) is 54.6 Å². The Hall–Kier alpha value is -3.19. The number of aryl methyl sites for hydroxylation is 2. The van der Waals surface area contributed by atoms with E-state index in [1.54, 1.807) is 11.3 Å². The van der Waals surface area contributed by atoms with Crippen molar-refractivity contribution in [3.05, 3.63) is 71.4 Å². The smallest absolute Gasteiger partial charge is 0.225 e. The van der Waals surface area contributed by atoms with Crippen molar-refractivity contribution in [2.75, 3.05) is 18.0 Å². The fourth-order valence-corrected chi connectivity index (χ4v) is 5.47. The molecule has 0 aliphatic carbocycles. The first kappa shape index (κ1) is 21.6. The molecule has 7 heteroatoms. The molecule has 1 N–H and O–H groups in total. The molecule has 2 aromatic heterocycles. The summed E-state index contributed by atoms with van der Waals surface area (Å²) in [7, 11) is 0. The summed E-state index contributed by atoms with van der Waals surface area (Å²) in [5, 5.41) is 8.90. The number of carbonyl (C=O) groups excluding carboxylic acids is 1. The van der Waals surface area contributed by atoms with Gasteiger partial charge in [0.05, 0.1) is 28.0 Å². The lowest BCUT2D eigenvalue weighted by Gasteiger charge is -2.32. The van der Waals surface area contributed by atoms with E-state index in [-0.39, 0.29) is 17.9 Å². The molecule has 2 aromatic carbocycles. The predicted molar refractivity (Wildman–Crippen MR) is 134 cm³/mol. The number of rotatable bonds is 5. The van der Waals surface area contributed by atoms with Gasteiger partial charge in [-0.3, -0.25) is 4.79 Å². The number of aromatic nitrogens is 3. The van der Waals surface area contributed by atoms with Gasteiger partial charge in [0.2, 0.25) is 5.91 Å². The molecule has 0 radical (unpaired) electrons. The Morgan fingerprint density at radius 2 is 1.88 bits per heavy atom. The van der Waals surface area contributed by atoms with Crippen LogP contribution in [-0.4, -0.2) is 33.8 Å². The average Bonchev–Trinajstić information content (AvgIpc) is 3.41. The van der Waals surface area contributed by atoms with Crippen LogP contribution < -0.4 is 10.2 Å². The molecule has 1 amide bonds. The lowest BCUT2D eigenvalue weighted by Crippen LogP contribution is -2.43. The van der Waals surface area contributed by atoms with Gasteiger partial charge in [0.1, 0.15) is 0 Å². The second-order valence-electron chi connectivity index (χ2n) is 8.91. The number of hydrogen-bond donors (Lipinski definition) is 1. The lowest BCUT2D eigenvalue weighted by atomic mass is 9.96. The quantitative estimate of drug-likeness (QED) is 0.446. The number of carbonyl (C=O) groups is 1. The summed E-state index contributed by atoms with van der Waals surface area (Å²) < 4.78 is 3.04. The van der Waals surface area contributed by atoms with Crippen LogP contribution in [0.1, 0.15) is 42.6 Å². The Kier molecular flexibility index (Phi) is 5.89. The number of thiazole rings is 1. The maximum atomic E-state index is 13.0. The van der Waals surface area contributed by atoms with Crippen LogP contribution in [0.5, 0.6) is 0 Å². The largest absolute Gasteiger partial charge is 0.349 e. The Balaban J connectivity index is 1.34. The normalized spacial score (nSPS) is 17.3. The van der Waals surface area contributed by atoms with Crippen LogP contribution in [0.3, 0.4) is 0 Å². The minimum atomic E-state index is -0.0355. The van der Waals surface area contributed by atoms with Crippen LogP contribution in [0.4, 0.5) is 5.13 Å². The molecule has 33 heavy (non-hydrogen) atoms. The second kappa shape index (κ2) is 8.98. The summed E-state index contributed by atoms with van der Waals surface area (Å²) in [5.41, 5.74) is 5.23. The Bertz CT molecular complexity index is 1260. The molecule has 1 aliphatic heterocycles. The van der Waals surface area contributed by atoms with E-state index in [2.05, 4.69) is 53.5 Å². The number of nitrogens with one attached hydrogen (secondary N) is 1. The minimum absolute atomic E-state index is 0.000306. The third-order valence-corrected chi connectivity index (χ3v) is 7.59. The number of benzene rings is 2. The van der Waals surface area contributed by atoms with Crippen LogP contribution in [0, 0.1) is 19.8 Å². The number of amides is 1. The first-order chi connectivity index (χ1) is 16.0. The minimum Gasteiger partial charge on any atom is -0.349 e. The predicted octanol–water partition coefficient (Wildman–Crippen LogP) is 5.19. The van der Waals surface area contributed by atoms with Crippen LogP contribution in [-0.2, 0) is 4.79 Å². The van der Waals surface area contributed by atoms with E-state index in [4.69, 9.17) is 10.1 Å². The lowest BCUT2D eigenvalue weighted by molar-refractivity contribution is -0.125. The first-order valence-corrected chi connectivity index (χ1v) is 12.3. The third kappa shape index (κ3) is 4.37. The zero-order valence-electron chi connectivity index (χ0n) is 19.3. The molecular formula is C26H29N5OS. The molecule has 0 saturated carbocycles. The Labute approximate surface area is 198 Å². The molecule has 1 fully saturated rings. The van der Waals surface area contributed by atoms with E-state index < -0.39 is 0 Å². The van der Waals surface area contributed by atoms with Crippen molar-refractivity contribution in [3.63, 3.8) is 0 Å². The molecule has 5 rings (SSSR count). The second-order valence-corrected chi connectivity index (χ2v) is 9.89. The van der Waals surface area contributed by atoms with Gasteiger partial charge in [0.25, 0.3) is 0 Å². The van der Waals surface area contributed by atoms with Gasteiger partial charge >= 0.3 is 0 Å². The highest BCUT2D eigenvalue weighted by Gasteiger charge is 2.29. The highest BCUT2D eigenvalue weighted by molar-refractivity contribution is 7.22. The molecule has 3 heterocycles. The molecule has 0 bridgehead atoms. The van der Waals surface area contributed by atoms with Gasteiger partial charge in [-0.2, -0.15) is 10.1 Å².